The molecule has 0 spiro atoms. The van der Waals surface area contributed by atoms with Crippen molar-refractivity contribution in [2.45, 2.75) is 24.7 Å². The van der Waals surface area contributed by atoms with Gasteiger partial charge in [0.2, 0.25) is 0 Å². The minimum Gasteiger partial charge on any atom is -0.496 e. The van der Waals surface area contributed by atoms with E-state index in [-0.39, 0.29) is 5.60 Å². The lowest BCUT2D eigenvalue weighted by atomic mass is 10.1. The molecule has 6 heteroatoms. The molecule has 1 aromatic rings. The van der Waals surface area contributed by atoms with E-state index in [4.69, 9.17) is 32.8 Å². The number of ether oxygens (including phenoxy) is 1. The second-order valence-electron chi connectivity index (χ2n) is 4.58. The van der Waals surface area contributed by atoms with Crippen LogP contribution in [0.4, 0.5) is 0 Å². The molecule has 104 valence electrons. The molecular weight excluding hydrogens is 305 g/mol. The van der Waals surface area contributed by atoms with Gasteiger partial charge < -0.3 is 9.57 Å². The molecule has 1 aromatic carbocycles. The summed E-state index contributed by atoms with van der Waals surface area (Å²) < 4.78 is 5.31. The lowest BCUT2D eigenvalue weighted by molar-refractivity contribution is 0.0152. The first-order chi connectivity index (χ1) is 9.06. The normalized spacial score (nSPS) is 22.0. The summed E-state index contributed by atoms with van der Waals surface area (Å²) in [5.41, 5.74) is 0.715. The van der Waals surface area contributed by atoms with Crippen molar-refractivity contribution >= 4 is 40.0 Å². The molecular formula is C13H15Cl2NO2S. The zero-order chi connectivity index (χ0) is 13.9. The predicted octanol–water partition coefficient (Wildman–Crippen LogP) is 4.31. The lowest BCUT2D eigenvalue weighted by Gasteiger charge is -2.16. The highest BCUT2D eigenvalue weighted by Gasteiger charge is 2.33. The van der Waals surface area contributed by atoms with Crippen molar-refractivity contribution in [1.82, 2.24) is 0 Å². The molecule has 1 unspecified atom stereocenters. The molecule has 0 aliphatic carbocycles. The van der Waals surface area contributed by atoms with E-state index in [9.17, 15) is 0 Å². The quantitative estimate of drug-likeness (QED) is 0.775. The molecule has 0 N–H and O–H groups in total. The van der Waals surface area contributed by atoms with E-state index in [0.29, 0.717) is 10.9 Å². The summed E-state index contributed by atoms with van der Waals surface area (Å²) in [6.07, 6.45) is 0.747. The highest BCUT2D eigenvalue weighted by atomic mass is 35.5. The Morgan fingerprint density at radius 3 is 2.95 bits per heavy atom. The van der Waals surface area contributed by atoms with E-state index in [0.717, 1.165) is 28.5 Å². The van der Waals surface area contributed by atoms with E-state index in [1.165, 1.54) is 0 Å². The SMILES string of the molecule is COc1cc(Cl)ccc1CSC1=NOC(C)(CCl)C1. The van der Waals surface area contributed by atoms with Gasteiger partial charge in [0.25, 0.3) is 0 Å². The predicted molar refractivity (Wildman–Crippen MR) is 81.6 cm³/mol. The molecule has 0 aromatic heterocycles. The summed E-state index contributed by atoms with van der Waals surface area (Å²) in [7, 11) is 1.64. The minimum atomic E-state index is -0.367. The van der Waals surface area contributed by atoms with E-state index in [1.54, 1.807) is 18.9 Å². The summed E-state index contributed by atoms with van der Waals surface area (Å²) in [5, 5.41) is 5.70. The van der Waals surface area contributed by atoms with Gasteiger partial charge in [-0.2, -0.15) is 0 Å². The molecule has 1 aliphatic rings. The minimum absolute atomic E-state index is 0.367. The van der Waals surface area contributed by atoms with E-state index < -0.39 is 0 Å². The van der Waals surface area contributed by atoms with Crippen molar-refractivity contribution in [1.29, 1.82) is 0 Å². The number of oxime groups is 1. The molecule has 2 rings (SSSR count). The van der Waals surface area contributed by atoms with Gasteiger partial charge in [0.1, 0.15) is 10.8 Å². The van der Waals surface area contributed by atoms with E-state index >= 15 is 0 Å². The Kier molecular flexibility index (Phi) is 4.87. The maximum absolute atomic E-state index is 5.93. The van der Waals surface area contributed by atoms with Gasteiger partial charge in [-0.05, 0) is 19.1 Å². The van der Waals surface area contributed by atoms with Crippen LogP contribution in [0.1, 0.15) is 18.9 Å². The van der Waals surface area contributed by atoms with Crippen LogP contribution in [0.15, 0.2) is 23.4 Å². The fraction of sp³-hybridized carbons (Fsp3) is 0.462. The van der Waals surface area contributed by atoms with Gasteiger partial charge in [-0.15, -0.1) is 23.4 Å². The number of thioether (sulfide) groups is 1. The Morgan fingerprint density at radius 2 is 2.32 bits per heavy atom. The standard InChI is InChI=1S/C13H15Cl2NO2S/c1-13(8-14)6-12(16-18-13)19-7-9-3-4-10(15)5-11(9)17-2/h3-5H,6-8H2,1-2H3. The number of benzene rings is 1. The number of alkyl halides is 1. The smallest absolute Gasteiger partial charge is 0.154 e. The Morgan fingerprint density at radius 1 is 1.53 bits per heavy atom. The molecule has 1 atom stereocenters. The molecule has 1 heterocycles. The van der Waals surface area contributed by atoms with E-state index in [2.05, 4.69) is 5.16 Å². The first-order valence-electron chi connectivity index (χ1n) is 5.82. The lowest BCUT2D eigenvalue weighted by Crippen LogP contribution is -2.26. The number of rotatable bonds is 4. The van der Waals surface area contributed by atoms with Gasteiger partial charge in [-0.1, -0.05) is 22.8 Å². The number of nitrogens with zero attached hydrogens (tertiary/aromatic N) is 1. The van der Waals surface area contributed by atoms with Crippen LogP contribution in [0.3, 0.4) is 0 Å². The van der Waals surface area contributed by atoms with Crippen LogP contribution in [0, 0.1) is 0 Å². The maximum Gasteiger partial charge on any atom is 0.154 e. The van der Waals surface area contributed by atoms with Crippen LogP contribution in [-0.2, 0) is 10.6 Å². The molecule has 3 nitrogen and oxygen atoms in total. The van der Waals surface area contributed by atoms with Gasteiger partial charge in [0, 0.05) is 22.8 Å². The summed E-state index contributed by atoms with van der Waals surface area (Å²) in [4.78, 5) is 5.35. The Labute approximate surface area is 127 Å². The second kappa shape index (κ2) is 6.25. The molecule has 0 bridgehead atoms. The molecule has 19 heavy (non-hydrogen) atoms. The third kappa shape index (κ3) is 3.71. The molecule has 0 radical (unpaired) electrons. The van der Waals surface area contributed by atoms with Gasteiger partial charge in [-0.25, -0.2) is 0 Å². The fourth-order valence-electron chi connectivity index (χ4n) is 1.69. The zero-order valence-corrected chi connectivity index (χ0v) is 13.1. The molecule has 1 aliphatic heterocycles. The summed E-state index contributed by atoms with van der Waals surface area (Å²) >= 11 is 13.4. The zero-order valence-electron chi connectivity index (χ0n) is 10.8. The monoisotopic (exact) mass is 319 g/mol. The molecule has 0 saturated heterocycles. The van der Waals surface area contributed by atoms with Crippen LogP contribution in [0.2, 0.25) is 5.02 Å². The van der Waals surface area contributed by atoms with Crippen LogP contribution in [0.25, 0.3) is 0 Å². The van der Waals surface area contributed by atoms with Crippen LogP contribution >= 0.6 is 35.0 Å². The number of hydrogen-bond donors (Lipinski definition) is 0. The van der Waals surface area contributed by atoms with Crippen LogP contribution < -0.4 is 4.74 Å². The van der Waals surface area contributed by atoms with Crippen molar-refractivity contribution in [3.8, 4) is 5.75 Å². The Bertz CT molecular complexity index is 496. The summed E-state index contributed by atoms with van der Waals surface area (Å²) in [6, 6.07) is 5.63. The van der Waals surface area contributed by atoms with Gasteiger partial charge in [-0.3, -0.25) is 0 Å². The summed E-state index contributed by atoms with van der Waals surface area (Å²) in [5.74, 6) is 1.99. The van der Waals surface area contributed by atoms with Crippen molar-refractivity contribution in [3.05, 3.63) is 28.8 Å². The van der Waals surface area contributed by atoms with Crippen LogP contribution in [-0.4, -0.2) is 23.6 Å². The van der Waals surface area contributed by atoms with Gasteiger partial charge in [0.15, 0.2) is 5.60 Å². The highest BCUT2D eigenvalue weighted by Crippen LogP contribution is 2.33. The third-order valence-corrected chi connectivity index (χ3v) is 4.63. The Hall–Kier alpha value is -0.580. The fourth-order valence-corrected chi connectivity index (χ4v) is 3.06. The topological polar surface area (TPSA) is 30.8 Å². The maximum atomic E-state index is 5.93. The number of methoxy groups -OCH3 is 1. The third-order valence-electron chi connectivity index (χ3n) is 2.82. The van der Waals surface area contributed by atoms with Gasteiger partial charge in [0.05, 0.1) is 13.0 Å². The first kappa shape index (κ1) is 14.8. The highest BCUT2D eigenvalue weighted by molar-refractivity contribution is 8.13. The van der Waals surface area contributed by atoms with E-state index in [1.807, 2.05) is 25.1 Å². The van der Waals surface area contributed by atoms with Crippen molar-refractivity contribution in [2.75, 3.05) is 13.0 Å². The van der Waals surface area contributed by atoms with Crippen molar-refractivity contribution < 1.29 is 9.57 Å². The van der Waals surface area contributed by atoms with Crippen molar-refractivity contribution in [3.63, 3.8) is 0 Å². The van der Waals surface area contributed by atoms with Crippen LogP contribution in [0.5, 0.6) is 5.75 Å². The van der Waals surface area contributed by atoms with Crippen molar-refractivity contribution in [2.24, 2.45) is 5.16 Å². The average molecular weight is 320 g/mol. The van der Waals surface area contributed by atoms with Gasteiger partial charge >= 0.3 is 0 Å². The largest absolute Gasteiger partial charge is 0.496 e. The second-order valence-corrected chi connectivity index (χ2v) is 6.33. The Balaban J connectivity index is 1.97. The average Bonchev–Trinajstić information content (AvgIpc) is 2.80. The molecule has 0 saturated carbocycles. The first-order valence-corrected chi connectivity index (χ1v) is 7.72. The molecule has 0 amide bonds. The number of hydrogen-bond acceptors (Lipinski definition) is 4. The summed E-state index contributed by atoms with van der Waals surface area (Å²) in [6.45, 7) is 1.96. The number of halogens is 2. The molecule has 0 fully saturated rings.